The SMILES string of the molecule is CSCC(C)CNC(=O)c1cc(N)ccc1N(C)C. The number of benzene rings is 1. The molecule has 0 aromatic heterocycles. The van der Waals surface area contributed by atoms with Crippen LogP contribution in [0.15, 0.2) is 18.2 Å². The van der Waals surface area contributed by atoms with Crippen LogP contribution in [-0.2, 0) is 0 Å². The predicted molar refractivity (Wildman–Crippen MR) is 85.1 cm³/mol. The average molecular weight is 281 g/mol. The van der Waals surface area contributed by atoms with Crippen molar-refractivity contribution in [1.82, 2.24) is 5.32 Å². The van der Waals surface area contributed by atoms with Crippen molar-refractivity contribution in [2.45, 2.75) is 6.92 Å². The molecule has 0 bridgehead atoms. The number of rotatable bonds is 6. The van der Waals surface area contributed by atoms with Crippen LogP contribution in [-0.4, -0.2) is 38.6 Å². The summed E-state index contributed by atoms with van der Waals surface area (Å²) in [6.45, 7) is 2.81. The molecule has 4 nitrogen and oxygen atoms in total. The van der Waals surface area contributed by atoms with E-state index in [9.17, 15) is 4.79 Å². The first kappa shape index (κ1) is 15.7. The number of thioether (sulfide) groups is 1. The normalized spacial score (nSPS) is 12.0. The van der Waals surface area contributed by atoms with Crippen molar-refractivity contribution in [1.29, 1.82) is 0 Å². The summed E-state index contributed by atoms with van der Waals surface area (Å²) in [6.07, 6.45) is 2.07. The van der Waals surface area contributed by atoms with Crippen LogP contribution in [0.5, 0.6) is 0 Å². The number of nitrogen functional groups attached to an aromatic ring is 1. The maximum Gasteiger partial charge on any atom is 0.253 e. The standard InChI is InChI=1S/C14H23N3OS/c1-10(9-19-4)8-16-14(18)12-7-11(15)5-6-13(12)17(2)3/h5-7,10H,8-9,15H2,1-4H3,(H,16,18). The summed E-state index contributed by atoms with van der Waals surface area (Å²) in [5.41, 5.74) is 7.88. The van der Waals surface area contributed by atoms with Crippen LogP contribution in [0.3, 0.4) is 0 Å². The van der Waals surface area contributed by atoms with Gasteiger partial charge in [0.15, 0.2) is 0 Å². The zero-order valence-electron chi connectivity index (χ0n) is 12.1. The minimum Gasteiger partial charge on any atom is -0.399 e. The van der Waals surface area contributed by atoms with Crippen LogP contribution < -0.4 is 16.0 Å². The number of nitrogens with one attached hydrogen (secondary N) is 1. The van der Waals surface area contributed by atoms with E-state index in [1.807, 2.05) is 31.1 Å². The first-order valence-corrected chi connectivity index (χ1v) is 7.69. The van der Waals surface area contributed by atoms with Gasteiger partial charge in [-0.1, -0.05) is 6.92 Å². The lowest BCUT2D eigenvalue weighted by Crippen LogP contribution is -2.30. The number of anilines is 2. The smallest absolute Gasteiger partial charge is 0.253 e. The van der Waals surface area contributed by atoms with Gasteiger partial charge in [-0.05, 0) is 36.1 Å². The molecule has 3 N–H and O–H groups in total. The zero-order chi connectivity index (χ0) is 14.4. The summed E-state index contributed by atoms with van der Waals surface area (Å²) < 4.78 is 0. The van der Waals surface area contributed by atoms with Crippen LogP contribution in [0.4, 0.5) is 11.4 Å². The predicted octanol–water partition coefficient (Wildman–Crippen LogP) is 2.06. The van der Waals surface area contributed by atoms with Crippen LogP contribution >= 0.6 is 11.8 Å². The molecular formula is C14H23N3OS. The van der Waals surface area contributed by atoms with Gasteiger partial charge >= 0.3 is 0 Å². The molecule has 0 radical (unpaired) electrons. The molecule has 19 heavy (non-hydrogen) atoms. The molecule has 1 unspecified atom stereocenters. The van der Waals surface area contributed by atoms with Gasteiger partial charge in [0.25, 0.3) is 5.91 Å². The molecule has 1 aromatic carbocycles. The van der Waals surface area contributed by atoms with Gasteiger partial charge in [0.05, 0.1) is 5.56 Å². The van der Waals surface area contributed by atoms with E-state index in [0.29, 0.717) is 23.7 Å². The minimum absolute atomic E-state index is 0.0658. The zero-order valence-corrected chi connectivity index (χ0v) is 12.9. The second-order valence-corrected chi connectivity index (χ2v) is 5.85. The number of hydrogen-bond donors (Lipinski definition) is 2. The van der Waals surface area contributed by atoms with Crippen molar-refractivity contribution in [2.24, 2.45) is 5.92 Å². The van der Waals surface area contributed by atoms with Gasteiger partial charge in [-0.2, -0.15) is 11.8 Å². The van der Waals surface area contributed by atoms with E-state index in [1.54, 1.807) is 17.8 Å². The summed E-state index contributed by atoms with van der Waals surface area (Å²) in [4.78, 5) is 14.1. The summed E-state index contributed by atoms with van der Waals surface area (Å²) in [5, 5.41) is 2.97. The van der Waals surface area contributed by atoms with Gasteiger partial charge in [-0.25, -0.2) is 0 Å². The van der Waals surface area contributed by atoms with Crippen molar-refractivity contribution in [2.75, 3.05) is 43.3 Å². The van der Waals surface area contributed by atoms with Crippen LogP contribution in [0.1, 0.15) is 17.3 Å². The third-order valence-corrected chi connectivity index (χ3v) is 3.71. The van der Waals surface area contributed by atoms with E-state index < -0.39 is 0 Å². The number of nitrogens with zero attached hydrogens (tertiary/aromatic N) is 1. The Labute approximate surface area is 119 Å². The molecule has 1 aromatic rings. The Morgan fingerprint density at radius 1 is 1.47 bits per heavy atom. The van der Waals surface area contributed by atoms with Crippen molar-refractivity contribution in [3.05, 3.63) is 23.8 Å². The molecule has 0 fully saturated rings. The quantitative estimate of drug-likeness (QED) is 0.784. The number of amides is 1. The fourth-order valence-electron chi connectivity index (χ4n) is 1.83. The summed E-state index contributed by atoms with van der Waals surface area (Å²) >= 11 is 1.79. The molecule has 0 saturated heterocycles. The van der Waals surface area contributed by atoms with Gasteiger partial charge < -0.3 is 16.0 Å². The molecular weight excluding hydrogens is 258 g/mol. The summed E-state index contributed by atoms with van der Waals surface area (Å²) in [6, 6.07) is 5.40. The van der Waals surface area contributed by atoms with E-state index in [0.717, 1.165) is 11.4 Å². The minimum atomic E-state index is -0.0658. The van der Waals surface area contributed by atoms with Crippen molar-refractivity contribution in [3.63, 3.8) is 0 Å². The highest BCUT2D eigenvalue weighted by Gasteiger charge is 2.14. The third kappa shape index (κ3) is 4.67. The highest BCUT2D eigenvalue weighted by atomic mass is 32.2. The fraction of sp³-hybridized carbons (Fsp3) is 0.500. The number of carbonyl (C=O) groups excluding carboxylic acids is 1. The van der Waals surface area contributed by atoms with E-state index in [1.165, 1.54) is 0 Å². The molecule has 106 valence electrons. The topological polar surface area (TPSA) is 58.4 Å². The maximum atomic E-state index is 12.2. The van der Waals surface area contributed by atoms with Crippen molar-refractivity contribution >= 4 is 29.0 Å². The molecule has 1 rings (SSSR count). The largest absolute Gasteiger partial charge is 0.399 e. The van der Waals surface area contributed by atoms with E-state index in [2.05, 4.69) is 18.5 Å². The lowest BCUT2D eigenvalue weighted by atomic mass is 10.1. The van der Waals surface area contributed by atoms with Gasteiger partial charge in [-0.3, -0.25) is 4.79 Å². The van der Waals surface area contributed by atoms with E-state index in [4.69, 9.17) is 5.73 Å². The van der Waals surface area contributed by atoms with E-state index in [-0.39, 0.29) is 5.91 Å². The highest BCUT2D eigenvalue weighted by molar-refractivity contribution is 7.98. The Kier molecular flexibility index (Phi) is 6.02. The molecule has 0 aliphatic rings. The van der Waals surface area contributed by atoms with E-state index >= 15 is 0 Å². The number of carbonyl (C=O) groups is 1. The second kappa shape index (κ2) is 7.28. The molecule has 1 atom stereocenters. The Morgan fingerprint density at radius 2 is 2.16 bits per heavy atom. The Balaban J connectivity index is 2.78. The van der Waals surface area contributed by atoms with Gasteiger partial charge in [0.2, 0.25) is 0 Å². The van der Waals surface area contributed by atoms with Gasteiger partial charge in [-0.15, -0.1) is 0 Å². The molecule has 0 saturated carbocycles. The maximum absolute atomic E-state index is 12.2. The van der Waals surface area contributed by atoms with Crippen LogP contribution in [0.2, 0.25) is 0 Å². The fourth-order valence-corrected chi connectivity index (χ4v) is 2.52. The van der Waals surface area contributed by atoms with Crippen molar-refractivity contribution in [3.8, 4) is 0 Å². The van der Waals surface area contributed by atoms with Crippen LogP contribution in [0, 0.1) is 5.92 Å². The molecule has 5 heteroatoms. The number of hydrogen-bond acceptors (Lipinski definition) is 4. The van der Waals surface area contributed by atoms with Crippen molar-refractivity contribution < 1.29 is 4.79 Å². The lowest BCUT2D eigenvalue weighted by Gasteiger charge is -2.18. The Morgan fingerprint density at radius 3 is 2.74 bits per heavy atom. The van der Waals surface area contributed by atoms with Gasteiger partial charge in [0, 0.05) is 32.0 Å². The van der Waals surface area contributed by atoms with Gasteiger partial charge in [0.1, 0.15) is 0 Å². The monoisotopic (exact) mass is 281 g/mol. The molecule has 1 amide bonds. The van der Waals surface area contributed by atoms with Crippen LogP contribution in [0.25, 0.3) is 0 Å². The molecule has 0 aliphatic heterocycles. The first-order chi connectivity index (χ1) is 8.95. The highest BCUT2D eigenvalue weighted by Crippen LogP contribution is 2.21. The molecule has 0 aliphatic carbocycles. The Bertz CT molecular complexity index is 435. The molecule has 0 heterocycles. The Hall–Kier alpha value is -1.36. The summed E-state index contributed by atoms with van der Waals surface area (Å²) in [7, 11) is 3.83. The molecule has 0 spiro atoms. The second-order valence-electron chi connectivity index (χ2n) is 4.94. The first-order valence-electron chi connectivity index (χ1n) is 6.29. The number of nitrogens with two attached hydrogens (primary N) is 1. The summed E-state index contributed by atoms with van der Waals surface area (Å²) in [5.74, 6) is 1.43. The lowest BCUT2D eigenvalue weighted by molar-refractivity contribution is 0.0950. The third-order valence-electron chi connectivity index (χ3n) is 2.81. The average Bonchev–Trinajstić information content (AvgIpc) is 2.35.